The van der Waals surface area contributed by atoms with E-state index < -0.39 is 0 Å². The van der Waals surface area contributed by atoms with Gasteiger partial charge in [-0.3, -0.25) is 4.68 Å². The van der Waals surface area contributed by atoms with Crippen LogP contribution in [0.3, 0.4) is 0 Å². The maximum Gasteiger partial charge on any atom is 0.0638 e. The Morgan fingerprint density at radius 3 is 2.78 bits per heavy atom. The molecule has 0 amide bonds. The van der Waals surface area contributed by atoms with Crippen LogP contribution in [0.4, 0.5) is 0 Å². The van der Waals surface area contributed by atoms with E-state index in [1.165, 1.54) is 5.56 Å². The van der Waals surface area contributed by atoms with Gasteiger partial charge in [0.1, 0.15) is 0 Å². The number of likely N-dealkylation sites (N-methyl/N-ethyl adjacent to an activating group) is 1. The molecule has 1 atom stereocenters. The van der Waals surface area contributed by atoms with Gasteiger partial charge in [0.25, 0.3) is 0 Å². The second-order valence-electron chi connectivity index (χ2n) is 5.88. The van der Waals surface area contributed by atoms with Gasteiger partial charge in [0.2, 0.25) is 0 Å². The summed E-state index contributed by atoms with van der Waals surface area (Å²) in [5, 5.41) is 8.81. The van der Waals surface area contributed by atoms with E-state index in [1.54, 1.807) is 0 Å². The lowest BCUT2D eigenvalue weighted by Crippen LogP contribution is -2.31. The number of aryl methyl sites for hydroxylation is 1. The monoisotopic (exact) mass is 332 g/mol. The number of nitrogens with one attached hydrogen (secondary N) is 1. The Morgan fingerprint density at radius 2 is 2.13 bits per heavy atom. The minimum atomic E-state index is 0.229. The molecule has 0 fully saturated rings. The van der Waals surface area contributed by atoms with Crippen molar-refractivity contribution in [3.63, 3.8) is 0 Å². The van der Waals surface area contributed by atoms with Crippen molar-refractivity contribution in [3.05, 3.63) is 65.0 Å². The van der Waals surface area contributed by atoms with Gasteiger partial charge in [-0.2, -0.15) is 5.10 Å². The van der Waals surface area contributed by atoms with Crippen molar-refractivity contribution in [2.45, 2.75) is 26.1 Å². The van der Waals surface area contributed by atoms with Gasteiger partial charge in [-0.1, -0.05) is 35.9 Å². The zero-order chi connectivity index (χ0) is 16.8. The van der Waals surface area contributed by atoms with Crippen LogP contribution in [0.1, 0.15) is 22.9 Å². The molecule has 1 heterocycles. The molecular formula is C18H25ClN4. The zero-order valence-corrected chi connectivity index (χ0v) is 14.8. The highest BCUT2D eigenvalue weighted by atomic mass is 35.5. The van der Waals surface area contributed by atoms with Crippen molar-refractivity contribution in [2.24, 2.45) is 0 Å². The van der Waals surface area contributed by atoms with Crippen LogP contribution in [0.5, 0.6) is 0 Å². The maximum absolute atomic E-state index is 6.35. The van der Waals surface area contributed by atoms with E-state index in [9.17, 15) is 0 Å². The molecule has 5 heteroatoms. The molecule has 0 radical (unpaired) electrons. The zero-order valence-electron chi connectivity index (χ0n) is 14.1. The molecule has 1 unspecified atom stereocenters. The van der Waals surface area contributed by atoms with E-state index in [2.05, 4.69) is 48.3 Å². The Balaban J connectivity index is 2.00. The molecule has 0 bridgehead atoms. The molecule has 0 aliphatic rings. The number of allylic oxidation sites excluding steroid dienone is 1. The molecule has 0 saturated heterocycles. The molecule has 23 heavy (non-hydrogen) atoms. The van der Waals surface area contributed by atoms with Gasteiger partial charge in [0, 0.05) is 35.9 Å². The molecule has 2 aromatic rings. The normalized spacial score (nSPS) is 12.6. The van der Waals surface area contributed by atoms with Crippen LogP contribution >= 0.6 is 11.6 Å². The predicted molar refractivity (Wildman–Crippen MR) is 96.7 cm³/mol. The van der Waals surface area contributed by atoms with E-state index in [-0.39, 0.29) is 6.04 Å². The SMILES string of the molecule is C=CCn1cc(CNCC(c2ccccc2Cl)N(C)C)c(C)n1. The van der Waals surface area contributed by atoms with Gasteiger partial charge >= 0.3 is 0 Å². The lowest BCUT2D eigenvalue weighted by molar-refractivity contribution is 0.288. The topological polar surface area (TPSA) is 33.1 Å². The molecule has 124 valence electrons. The van der Waals surface area contributed by atoms with Gasteiger partial charge in [-0.15, -0.1) is 6.58 Å². The predicted octanol–water partition coefficient (Wildman–Crippen LogP) is 3.42. The Kier molecular flexibility index (Phi) is 6.39. The Labute approximate surface area is 143 Å². The van der Waals surface area contributed by atoms with Crippen molar-refractivity contribution >= 4 is 11.6 Å². The van der Waals surface area contributed by atoms with Gasteiger partial charge in [0.05, 0.1) is 12.2 Å². The highest BCUT2D eigenvalue weighted by Crippen LogP contribution is 2.25. The van der Waals surface area contributed by atoms with Crippen LogP contribution in [0, 0.1) is 6.92 Å². The summed E-state index contributed by atoms with van der Waals surface area (Å²) in [5.41, 5.74) is 3.41. The third-order valence-corrected chi connectivity index (χ3v) is 4.25. The smallest absolute Gasteiger partial charge is 0.0638 e. The van der Waals surface area contributed by atoms with E-state index in [1.807, 2.05) is 35.9 Å². The van der Waals surface area contributed by atoms with Gasteiger partial charge in [-0.25, -0.2) is 0 Å². The second kappa shape index (κ2) is 8.29. The number of hydrogen-bond donors (Lipinski definition) is 1. The van der Waals surface area contributed by atoms with Crippen LogP contribution in [-0.2, 0) is 13.1 Å². The summed E-state index contributed by atoms with van der Waals surface area (Å²) >= 11 is 6.35. The van der Waals surface area contributed by atoms with Crippen LogP contribution < -0.4 is 5.32 Å². The standard InChI is InChI=1S/C18H25ClN4/c1-5-10-23-13-15(14(2)21-23)11-20-12-18(22(3)4)16-8-6-7-9-17(16)19/h5-9,13,18,20H,1,10-12H2,2-4H3. The molecule has 1 aromatic carbocycles. The molecule has 4 nitrogen and oxygen atoms in total. The summed E-state index contributed by atoms with van der Waals surface area (Å²) in [6.45, 7) is 8.13. The van der Waals surface area contributed by atoms with Crippen LogP contribution in [-0.4, -0.2) is 35.3 Å². The summed E-state index contributed by atoms with van der Waals surface area (Å²) in [7, 11) is 4.14. The van der Waals surface area contributed by atoms with Gasteiger partial charge < -0.3 is 10.2 Å². The third kappa shape index (κ3) is 4.67. The largest absolute Gasteiger partial charge is 0.311 e. The third-order valence-electron chi connectivity index (χ3n) is 3.90. The highest BCUT2D eigenvalue weighted by Gasteiger charge is 2.16. The molecule has 0 saturated carbocycles. The molecule has 0 aliphatic heterocycles. The van der Waals surface area contributed by atoms with Gasteiger partial charge in [0.15, 0.2) is 0 Å². The number of halogens is 1. The van der Waals surface area contributed by atoms with Crippen molar-refractivity contribution in [3.8, 4) is 0 Å². The Hall–Kier alpha value is -1.62. The number of benzene rings is 1. The summed E-state index contributed by atoms with van der Waals surface area (Å²) < 4.78 is 1.91. The Bertz CT molecular complexity index is 648. The first-order valence-corrected chi connectivity index (χ1v) is 8.16. The van der Waals surface area contributed by atoms with Crippen molar-refractivity contribution in [1.82, 2.24) is 20.0 Å². The first-order valence-electron chi connectivity index (χ1n) is 7.78. The molecule has 1 N–H and O–H groups in total. The van der Waals surface area contributed by atoms with Crippen LogP contribution in [0.15, 0.2) is 43.1 Å². The fourth-order valence-electron chi connectivity index (χ4n) is 2.62. The summed E-state index contributed by atoms with van der Waals surface area (Å²) in [6.07, 6.45) is 3.92. The maximum atomic E-state index is 6.35. The summed E-state index contributed by atoms with van der Waals surface area (Å²) in [4.78, 5) is 2.18. The number of hydrogen-bond acceptors (Lipinski definition) is 3. The van der Waals surface area contributed by atoms with E-state index in [0.29, 0.717) is 0 Å². The molecule has 0 spiro atoms. The quantitative estimate of drug-likeness (QED) is 0.752. The minimum Gasteiger partial charge on any atom is -0.311 e. The summed E-state index contributed by atoms with van der Waals surface area (Å²) in [6, 6.07) is 8.25. The molecule has 0 aliphatic carbocycles. The summed E-state index contributed by atoms with van der Waals surface area (Å²) in [5.74, 6) is 0. The fourth-order valence-corrected chi connectivity index (χ4v) is 2.88. The van der Waals surface area contributed by atoms with Gasteiger partial charge in [-0.05, 0) is 32.6 Å². The van der Waals surface area contributed by atoms with E-state index in [4.69, 9.17) is 11.6 Å². The minimum absolute atomic E-state index is 0.229. The first-order chi connectivity index (χ1) is 11.0. The number of aromatic nitrogens is 2. The van der Waals surface area contributed by atoms with Crippen LogP contribution in [0.2, 0.25) is 5.02 Å². The van der Waals surface area contributed by atoms with E-state index >= 15 is 0 Å². The lowest BCUT2D eigenvalue weighted by atomic mass is 10.1. The molecule has 1 aromatic heterocycles. The highest BCUT2D eigenvalue weighted by molar-refractivity contribution is 6.31. The van der Waals surface area contributed by atoms with Crippen molar-refractivity contribution in [2.75, 3.05) is 20.6 Å². The van der Waals surface area contributed by atoms with Crippen molar-refractivity contribution in [1.29, 1.82) is 0 Å². The lowest BCUT2D eigenvalue weighted by Gasteiger charge is -2.26. The van der Waals surface area contributed by atoms with Crippen molar-refractivity contribution < 1.29 is 0 Å². The molecule has 2 rings (SSSR count). The van der Waals surface area contributed by atoms with Crippen LogP contribution in [0.25, 0.3) is 0 Å². The fraction of sp³-hybridized carbons (Fsp3) is 0.389. The second-order valence-corrected chi connectivity index (χ2v) is 6.29. The van der Waals surface area contributed by atoms with E-state index in [0.717, 1.165) is 35.9 Å². The molecular weight excluding hydrogens is 308 g/mol. The average molecular weight is 333 g/mol. The number of rotatable bonds is 8. The average Bonchev–Trinajstić information content (AvgIpc) is 2.85. The Morgan fingerprint density at radius 1 is 1.39 bits per heavy atom. The first kappa shape index (κ1) is 17.7. The number of nitrogens with zero attached hydrogens (tertiary/aromatic N) is 3.